The Labute approximate surface area is 116 Å². The fraction of sp³-hybridized carbons (Fsp3) is 0.625. The minimum atomic E-state index is -0.796. The third kappa shape index (κ3) is 3.78. The first-order chi connectivity index (χ1) is 8.99. The van der Waals surface area contributed by atoms with Crippen molar-refractivity contribution in [1.29, 1.82) is 0 Å². The van der Waals surface area contributed by atoms with Gasteiger partial charge in [-0.05, 0) is 45.2 Å². The van der Waals surface area contributed by atoms with Crippen LogP contribution in [0.3, 0.4) is 0 Å². The molecule has 3 N–H and O–H groups in total. The van der Waals surface area contributed by atoms with Gasteiger partial charge in [0.2, 0.25) is 0 Å². The van der Waals surface area contributed by atoms with Crippen molar-refractivity contribution in [2.75, 3.05) is 13.6 Å². The Morgan fingerprint density at radius 3 is 2.37 bits per heavy atom. The Morgan fingerprint density at radius 2 is 1.79 bits per heavy atom. The SMILES string of the molecule is CN(CC(C)(O)c1ccccc1)C1CCC(N)CC1. The highest BCUT2D eigenvalue weighted by Gasteiger charge is 2.29. The van der Waals surface area contributed by atoms with E-state index in [1.165, 1.54) is 0 Å². The molecule has 19 heavy (non-hydrogen) atoms. The van der Waals surface area contributed by atoms with Crippen LogP contribution in [0.1, 0.15) is 38.2 Å². The lowest BCUT2D eigenvalue weighted by Crippen LogP contribution is -2.44. The lowest BCUT2D eigenvalue weighted by molar-refractivity contribution is 0.00577. The van der Waals surface area contributed by atoms with Crippen molar-refractivity contribution in [2.24, 2.45) is 5.73 Å². The van der Waals surface area contributed by atoms with Crippen LogP contribution in [0, 0.1) is 0 Å². The van der Waals surface area contributed by atoms with E-state index in [0.717, 1.165) is 31.2 Å². The predicted molar refractivity (Wildman–Crippen MR) is 78.9 cm³/mol. The number of rotatable bonds is 4. The normalized spacial score (nSPS) is 27.2. The van der Waals surface area contributed by atoms with Gasteiger partial charge in [0.05, 0.1) is 5.60 Å². The van der Waals surface area contributed by atoms with Gasteiger partial charge >= 0.3 is 0 Å². The fourth-order valence-corrected chi connectivity index (χ4v) is 3.05. The molecular weight excluding hydrogens is 236 g/mol. The molecule has 3 heteroatoms. The van der Waals surface area contributed by atoms with Gasteiger partial charge in [-0.3, -0.25) is 0 Å². The first-order valence-electron chi connectivity index (χ1n) is 7.23. The minimum absolute atomic E-state index is 0.374. The molecule has 1 fully saturated rings. The zero-order chi connectivity index (χ0) is 13.9. The summed E-state index contributed by atoms with van der Waals surface area (Å²) in [4.78, 5) is 2.29. The summed E-state index contributed by atoms with van der Waals surface area (Å²) in [5.74, 6) is 0. The lowest BCUT2D eigenvalue weighted by Gasteiger charge is -2.37. The van der Waals surface area contributed by atoms with Gasteiger partial charge in [0, 0.05) is 18.6 Å². The summed E-state index contributed by atoms with van der Waals surface area (Å²) in [5.41, 5.74) is 6.13. The van der Waals surface area contributed by atoms with Crippen molar-refractivity contribution in [3.63, 3.8) is 0 Å². The third-order valence-corrected chi connectivity index (χ3v) is 4.32. The first kappa shape index (κ1) is 14.5. The molecule has 0 saturated heterocycles. The van der Waals surface area contributed by atoms with Crippen LogP contribution in [-0.2, 0) is 5.60 Å². The molecule has 1 aromatic carbocycles. The molecule has 1 aliphatic carbocycles. The predicted octanol–water partition coefficient (Wildman–Crippen LogP) is 2.10. The van der Waals surface area contributed by atoms with Gasteiger partial charge in [-0.2, -0.15) is 0 Å². The van der Waals surface area contributed by atoms with Gasteiger partial charge in [-0.25, -0.2) is 0 Å². The molecule has 1 saturated carbocycles. The van der Waals surface area contributed by atoms with Crippen molar-refractivity contribution < 1.29 is 5.11 Å². The average Bonchev–Trinajstić information content (AvgIpc) is 2.40. The molecule has 0 bridgehead atoms. The molecule has 0 radical (unpaired) electrons. The summed E-state index contributed by atoms with van der Waals surface area (Å²) in [6.45, 7) is 2.56. The van der Waals surface area contributed by atoms with Gasteiger partial charge in [0.15, 0.2) is 0 Å². The minimum Gasteiger partial charge on any atom is -0.384 e. The van der Waals surface area contributed by atoms with Crippen LogP contribution in [-0.4, -0.2) is 35.7 Å². The zero-order valence-corrected chi connectivity index (χ0v) is 12.0. The van der Waals surface area contributed by atoms with E-state index in [2.05, 4.69) is 11.9 Å². The molecule has 0 heterocycles. The second-order valence-corrected chi connectivity index (χ2v) is 6.12. The monoisotopic (exact) mass is 262 g/mol. The van der Waals surface area contributed by atoms with E-state index < -0.39 is 5.60 Å². The van der Waals surface area contributed by atoms with Crippen molar-refractivity contribution in [3.05, 3.63) is 35.9 Å². The van der Waals surface area contributed by atoms with Crippen molar-refractivity contribution in [3.8, 4) is 0 Å². The highest BCUT2D eigenvalue weighted by atomic mass is 16.3. The van der Waals surface area contributed by atoms with Crippen LogP contribution in [0.15, 0.2) is 30.3 Å². The molecule has 0 amide bonds. The first-order valence-corrected chi connectivity index (χ1v) is 7.23. The maximum absolute atomic E-state index is 10.7. The molecule has 0 spiro atoms. The van der Waals surface area contributed by atoms with E-state index in [1.807, 2.05) is 37.3 Å². The number of aliphatic hydroxyl groups is 1. The van der Waals surface area contributed by atoms with Crippen molar-refractivity contribution in [2.45, 2.75) is 50.3 Å². The van der Waals surface area contributed by atoms with Gasteiger partial charge in [-0.15, -0.1) is 0 Å². The fourth-order valence-electron chi connectivity index (χ4n) is 3.05. The largest absolute Gasteiger partial charge is 0.384 e. The number of hydrogen-bond donors (Lipinski definition) is 2. The Morgan fingerprint density at radius 1 is 1.21 bits per heavy atom. The van der Waals surface area contributed by atoms with Crippen LogP contribution in [0.4, 0.5) is 0 Å². The topological polar surface area (TPSA) is 49.5 Å². The van der Waals surface area contributed by atoms with Crippen LogP contribution in [0.5, 0.6) is 0 Å². The molecule has 0 aromatic heterocycles. The van der Waals surface area contributed by atoms with Crippen molar-refractivity contribution >= 4 is 0 Å². The number of hydrogen-bond acceptors (Lipinski definition) is 3. The second kappa shape index (κ2) is 6.04. The van der Waals surface area contributed by atoms with E-state index in [4.69, 9.17) is 5.73 Å². The molecular formula is C16H26N2O. The van der Waals surface area contributed by atoms with Gasteiger partial charge in [0.1, 0.15) is 0 Å². The molecule has 106 valence electrons. The molecule has 2 rings (SSSR count). The molecule has 1 unspecified atom stereocenters. The Hall–Kier alpha value is -0.900. The Bertz CT molecular complexity index is 383. The summed E-state index contributed by atoms with van der Waals surface area (Å²) in [7, 11) is 2.11. The summed E-state index contributed by atoms with van der Waals surface area (Å²) < 4.78 is 0. The smallest absolute Gasteiger partial charge is 0.0994 e. The highest BCUT2D eigenvalue weighted by molar-refractivity contribution is 5.21. The zero-order valence-electron chi connectivity index (χ0n) is 12.0. The van der Waals surface area contributed by atoms with E-state index >= 15 is 0 Å². The van der Waals surface area contributed by atoms with Gasteiger partial charge in [-0.1, -0.05) is 30.3 Å². The van der Waals surface area contributed by atoms with Gasteiger partial charge in [0.25, 0.3) is 0 Å². The number of benzene rings is 1. The summed E-state index contributed by atoms with van der Waals surface area (Å²) in [5, 5.41) is 10.7. The average molecular weight is 262 g/mol. The maximum atomic E-state index is 10.7. The standard InChI is InChI=1S/C16H26N2O/c1-16(19,13-6-4-3-5-7-13)12-18(2)15-10-8-14(17)9-11-15/h3-7,14-15,19H,8-12,17H2,1-2H3. The lowest BCUT2D eigenvalue weighted by atomic mass is 9.89. The summed E-state index contributed by atoms with van der Waals surface area (Å²) in [6.07, 6.45) is 4.48. The van der Waals surface area contributed by atoms with E-state index in [0.29, 0.717) is 18.6 Å². The van der Waals surface area contributed by atoms with E-state index in [1.54, 1.807) is 0 Å². The second-order valence-electron chi connectivity index (χ2n) is 6.12. The number of likely N-dealkylation sites (N-methyl/N-ethyl adjacent to an activating group) is 1. The molecule has 1 atom stereocenters. The quantitative estimate of drug-likeness (QED) is 0.873. The van der Waals surface area contributed by atoms with Crippen molar-refractivity contribution in [1.82, 2.24) is 4.90 Å². The third-order valence-electron chi connectivity index (χ3n) is 4.32. The molecule has 1 aliphatic rings. The van der Waals surface area contributed by atoms with Gasteiger partial charge < -0.3 is 15.7 Å². The Balaban J connectivity index is 1.96. The van der Waals surface area contributed by atoms with Crippen LogP contribution in [0.2, 0.25) is 0 Å². The molecule has 1 aromatic rings. The summed E-state index contributed by atoms with van der Waals surface area (Å²) >= 11 is 0. The van der Waals surface area contributed by atoms with E-state index in [-0.39, 0.29) is 0 Å². The van der Waals surface area contributed by atoms with Crippen LogP contribution in [0.25, 0.3) is 0 Å². The van der Waals surface area contributed by atoms with E-state index in [9.17, 15) is 5.11 Å². The molecule has 3 nitrogen and oxygen atoms in total. The van der Waals surface area contributed by atoms with Crippen LogP contribution >= 0.6 is 0 Å². The summed E-state index contributed by atoms with van der Waals surface area (Å²) in [6, 6.07) is 10.8. The van der Waals surface area contributed by atoms with Crippen LogP contribution < -0.4 is 5.73 Å². The number of nitrogens with two attached hydrogens (primary N) is 1. The number of nitrogens with zero attached hydrogens (tertiary/aromatic N) is 1. The highest BCUT2D eigenvalue weighted by Crippen LogP contribution is 2.26. The molecule has 0 aliphatic heterocycles. The Kier molecular flexibility index (Phi) is 4.61. The maximum Gasteiger partial charge on any atom is 0.0994 e.